The minimum atomic E-state index is -0.569. The van der Waals surface area contributed by atoms with Crippen molar-refractivity contribution in [1.29, 1.82) is 0 Å². The van der Waals surface area contributed by atoms with E-state index < -0.39 is 5.97 Å². The van der Waals surface area contributed by atoms with Gasteiger partial charge in [-0.25, -0.2) is 9.78 Å². The van der Waals surface area contributed by atoms with E-state index in [2.05, 4.69) is 15.1 Å². The SMILES string of the molecule is COc1ccc(-c2cc(COC(=O)c3cnccn3)on2)cc1. The third kappa shape index (κ3) is 3.52. The molecule has 0 atom stereocenters. The first kappa shape index (κ1) is 14.7. The summed E-state index contributed by atoms with van der Waals surface area (Å²) in [7, 11) is 1.61. The zero-order valence-corrected chi connectivity index (χ0v) is 12.3. The summed E-state index contributed by atoms with van der Waals surface area (Å²) in [5, 5.41) is 3.96. The molecule has 0 aliphatic heterocycles. The predicted molar refractivity (Wildman–Crippen MR) is 79.6 cm³/mol. The van der Waals surface area contributed by atoms with E-state index in [1.165, 1.54) is 18.6 Å². The third-order valence-electron chi connectivity index (χ3n) is 3.06. The fourth-order valence-electron chi connectivity index (χ4n) is 1.89. The molecular formula is C16H13N3O4. The number of carbonyl (C=O) groups is 1. The summed E-state index contributed by atoms with van der Waals surface area (Å²) in [6.45, 7) is -0.0292. The molecule has 1 aromatic carbocycles. The molecule has 3 aromatic rings. The van der Waals surface area contributed by atoms with Crippen LogP contribution in [0.25, 0.3) is 11.3 Å². The molecule has 0 radical (unpaired) electrons. The van der Waals surface area contributed by atoms with Crippen molar-refractivity contribution in [2.45, 2.75) is 6.61 Å². The lowest BCUT2D eigenvalue weighted by Gasteiger charge is -2.00. The van der Waals surface area contributed by atoms with Gasteiger partial charge in [-0.15, -0.1) is 0 Å². The van der Waals surface area contributed by atoms with Crippen molar-refractivity contribution < 1.29 is 18.8 Å². The Hall–Kier alpha value is -3.22. The van der Waals surface area contributed by atoms with Crippen LogP contribution < -0.4 is 4.74 Å². The van der Waals surface area contributed by atoms with Crippen LogP contribution in [-0.4, -0.2) is 28.2 Å². The van der Waals surface area contributed by atoms with Gasteiger partial charge >= 0.3 is 5.97 Å². The van der Waals surface area contributed by atoms with Gasteiger partial charge in [-0.1, -0.05) is 5.16 Å². The Labute approximate surface area is 131 Å². The number of carbonyl (C=O) groups excluding carboxylic acids is 1. The zero-order valence-electron chi connectivity index (χ0n) is 12.3. The largest absolute Gasteiger partial charge is 0.497 e. The highest BCUT2D eigenvalue weighted by Crippen LogP contribution is 2.22. The van der Waals surface area contributed by atoms with Crippen LogP contribution in [0.15, 0.2) is 53.4 Å². The Morgan fingerprint density at radius 2 is 2.04 bits per heavy atom. The first-order chi connectivity index (χ1) is 11.3. The second-order valence-electron chi connectivity index (χ2n) is 4.57. The van der Waals surface area contributed by atoms with Crippen LogP contribution in [0.2, 0.25) is 0 Å². The van der Waals surface area contributed by atoms with Gasteiger partial charge in [0.05, 0.1) is 13.3 Å². The van der Waals surface area contributed by atoms with E-state index in [1.807, 2.05) is 24.3 Å². The molecule has 0 fully saturated rings. The van der Waals surface area contributed by atoms with Gasteiger partial charge in [-0.05, 0) is 24.3 Å². The number of esters is 1. The number of nitrogens with zero attached hydrogens (tertiary/aromatic N) is 3. The van der Waals surface area contributed by atoms with E-state index in [1.54, 1.807) is 13.2 Å². The maximum absolute atomic E-state index is 11.8. The van der Waals surface area contributed by atoms with E-state index in [0.29, 0.717) is 11.5 Å². The highest BCUT2D eigenvalue weighted by molar-refractivity contribution is 5.86. The summed E-state index contributed by atoms with van der Waals surface area (Å²) in [5.41, 5.74) is 1.67. The smallest absolute Gasteiger partial charge is 0.358 e. The first-order valence-corrected chi connectivity index (χ1v) is 6.79. The molecule has 2 heterocycles. The summed E-state index contributed by atoms with van der Waals surface area (Å²) in [6.07, 6.45) is 4.24. The van der Waals surface area contributed by atoms with Crippen molar-refractivity contribution in [3.63, 3.8) is 0 Å². The number of rotatable bonds is 5. The molecule has 0 bridgehead atoms. The van der Waals surface area contributed by atoms with Gasteiger partial charge in [0.1, 0.15) is 11.4 Å². The van der Waals surface area contributed by atoms with Gasteiger partial charge < -0.3 is 14.0 Å². The number of benzene rings is 1. The van der Waals surface area contributed by atoms with Crippen LogP contribution in [0, 0.1) is 0 Å². The fourth-order valence-corrected chi connectivity index (χ4v) is 1.89. The van der Waals surface area contributed by atoms with Gasteiger partial charge in [0, 0.05) is 24.0 Å². The number of methoxy groups -OCH3 is 1. The molecule has 0 amide bonds. The van der Waals surface area contributed by atoms with Gasteiger partial charge in [0.2, 0.25) is 0 Å². The summed E-state index contributed by atoms with van der Waals surface area (Å²) >= 11 is 0. The molecule has 2 aromatic heterocycles. The number of aromatic nitrogens is 3. The number of hydrogen-bond acceptors (Lipinski definition) is 7. The van der Waals surface area contributed by atoms with Crippen molar-refractivity contribution in [2.24, 2.45) is 0 Å². The highest BCUT2D eigenvalue weighted by atomic mass is 16.5. The highest BCUT2D eigenvalue weighted by Gasteiger charge is 2.12. The normalized spacial score (nSPS) is 10.3. The monoisotopic (exact) mass is 311 g/mol. The van der Waals surface area contributed by atoms with E-state index in [-0.39, 0.29) is 12.3 Å². The summed E-state index contributed by atoms with van der Waals surface area (Å²) in [6, 6.07) is 9.11. The van der Waals surface area contributed by atoms with Crippen LogP contribution in [0.1, 0.15) is 16.2 Å². The zero-order chi connectivity index (χ0) is 16.1. The second kappa shape index (κ2) is 6.69. The molecule has 0 unspecified atom stereocenters. The molecular weight excluding hydrogens is 298 g/mol. The maximum Gasteiger partial charge on any atom is 0.358 e. The molecule has 7 heteroatoms. The standard InChI is InChI=1S/C16H13N3O4/c1-21-12-4-2-11(3-5-12)14-8-13(23-19-14)10-22-16(20)15-9-17-6-7-18-15/h2-9H,10H2,1H3. The average molecular weight is 311 g/mol. The Morgan fingerprint density at radius 3 is 2.74 bits per heavy atom. The summed E-state index contributed by atoms with van der Waals surface area (Å²) < 4.78 is 15.4. The summed E-state index contributed by atoms with van der Waals surface area (Å²) in [4.78, 5) is 19.4. The Kier molecular flexibility index (Phi) is 4.28. The fraction of sp³-hybridized carbons (Fsp3) is 0.125. The van der Waals surface area contributed by atoms with Crippen molar-refractivity contribution in [2.75, 3.05) is 7.11 Å². The van der Waals surface area contributed by atoms with Gasteiger partial charge in [0.25, 0.3) is 0 Å². The van der Waals surface area contributed by atoms with E-state index in [9.17, 15) is 4.79 Å². The minimum absolute atomic E-state index is 0.0292. The molecule has 23 heavy (non-hydrogen) atoms. The summed E-state index contributed by atoms with van der Waals surface area (Å²) in [5.74, 6) is 0.629. The van der Waals surface area contributed by atoms with Crippen molar-refractivity contribution in [3.8, 4) is 17.0 Å². The van der Waals surface area contributed by atoms with Gasteiger partial charge in [-0.2, -0.15) is 0 Å². The third-order valence-corrected chi connectivity index (χ3v) is 3.06. The number of ether oxygens (including phenoxy) is 2. The van der Waals surface area contributed by atoms with Gasteiger partial charge in [-0.3, -0.25) is 4.98 Å². The lowest BCUT2D eigenvalue weighted by molar-refractivity contribution is 0.0430. The first-order valence-electron chi connectivity index (χ1n) is 6.79. The molecule has 0 aliphatic rings. The quantitative estimate of drug-likeness (QED) is 0.669. The van der Waals surface area contributed by atoms with Gasteiger partial charge in [0.15, 0.2) is 18.1 Å². The Morgan fingerprint density at radius 1 is 1.22 bits per heavy atom. The van der Waals surface area contributed by atoms with Crippen molar-refractivity contribution in [3.05, 3.63) is 60.4 Å². The molecule has 0 aliphatic carbocycles. The predicted octanol–water partition coefficient (Wildman–Crippen LogP) is 2.50. The molecule has 3 rings (SSSR count). The maximum atomic E-state index is 11.8. The molecule has 0 saturated carbocycles. The van der Waals surface area contributed by atoms with Crippen LogP contribution >= 0.6 is 0 Å². The van der Waals surface area contributed by atoms with Crippen molar-refractivity contribution in [1.82, 2.24) is 15.1 Å². The van der Waals surface area contributed by atoms with Crippen LogP contribution in [-0.2, 0) is 11.3 Å². The lowest BCUT2D eigenvalue weighted by Crippen LogP contribution is -2.07. The topological polar surface area (TPSA) is 87.3 Å². The van der Waals surface area contributed by atoms with Crippen molar-refractivity contribution >= 4 is 5.97 Å². The van der Waals surface area contributed by atoms with Crippen LogP contribution in [0.5, 0.6) is 5.75 Å². The average Bonchev–Trinajstić information content (AvgIpc) is 3.09. The second-order valence-corrected chi connectivity index (χ2v) is 4.57. The molecule has 116 valence electrons. The molecule has 0 spiro atoms. The lowest BCUT2D eigenvalue weighted by atomic mass is 10.1. The van der Waals surface area contributed by atoms with Crippen LogP contribution in [0.3, 0.4) is 0 Å². The van der Waals surface area contributed by atoms with E-state index in [4.69, 9.17) is 14.0 Å². The Balaban J connectivity index is 1.64. The molecule has 0 saturated heterocycles. The molecule has 0 N–H and O–H groups in total. The van der Waals surface area contributed by atoms with Crippen LogP contribution in [0.4, 0.5) is 0 Å². The molecule has 7 nitrogen and oxygen atoms in total. The minimum Gasteiger partial charge on any atom is -0.497 e. The Bertz CT molecular complexity index is 785. The number of hydrogen-bond donors (Lipinski definition) is 0. The van der Waals surface area contributed by atoms with E-state index >= 15 is 0 Å². The van der Waals surface area contributed by atoms with E-state index in [0.717, 1.165) is 11.3 Å².